The van der Waals surface area contributed by atoms with Gasteiger partial charge in [-0.15, -0.1) is 0 Å². The Bertz CT molecular complexity index is 1130. The molecule has 0 aliphatic heterocycles. The molecule has 0 saturated carbocycles. The Hall–Kier alpha value is -2.84. The maximum Gasteiger partial charge on any atom is 0.216 e. The first-order valence-electron chi connectivity index (χ1n) is 7.80. The fourth-order valence-electron chi connectivity index (χ4n) is 2.47. The number of aromatic nitrogens is 5. The average Bonchev–Trinajstić information content (AvgIpc) is 3.29. The summed E-state index contributed by atoms with van der Waals surface area (Å²) in [6.07, 6.45) is 1.73. The van der Waals surface area contributed by atoms with E-state index in [1.165, 1.54) is 0 Å². The van der Waals surface area contributed by atoms with Crippen molar-refractivity contribution in [1.29, 1.82) is 0 Å². The maximum atomic E-state index is 5.31. The minimum absolute atomic E-state index is 0.402. The van der Waals surface area contributed by atoms with Crippen LogP contribution >= 0.6 is 28.1 Å². The van der Waals surface area contributed by atoms with Crippen LogP contribution in [0.25, 0.3) is 22.8 Å². The molecular weight excluding hydrogens is 412 g/mol. The zero-order chi connectivity index (χ0) is 17.9. The van der Waals surface area contributed by atoms with Crippen LogP contribution in [0.2, 0.25) is 0 Å². The number of hydrogen-bond acceptors (Lipinski definition) is 4. The van der Waals surface area contributed by atoms with Crippen LogP contribution in [0.1, 0.15) is 5.56 Å². The highest BCUT2D eigenvalue weighted by atomic mass is 79.9. The normalized spacial score (nSPS) is 11.3. The molecule has 4 aromatic rings. The lowest BCUT2D eigenvalue weighted by molar-refractivity contribution is 0.865. The average molecular weight is 425 g/mol. The molecule has 0 saturated heterocycles. The third-order valence-corrected chi connectivity index (χ3v) is 4.74. The molecule has 2 aromatic carbocycles. The van der Waals surface area contributed by atoms with Crippen LogP contribution in [0.5, 0.6) is 0 Å². The Labute approximate surface area is 162 Å². The van der Waals surface area contributed by atoms with Crippen molar-refractivity contribution in [3.8, 4) is 22.8 Å². The first-order chi connectivity index (χ1) is 12.7. The topological polar surface area (TPSA) is 74.7 Å². The SMILES string of the molecule is S=c1[nH]nc(-c2cc(-c3ccccc3)n[nH]2)n1/N=C/c1ccccc1Br. The van der Waals surface area contributed by atoms with Crippen LogP contribution in [-0.4, -0.2) is 31.3 Å². The van der Waals surface area contributed by atoms with Crippen LogP contribution < -0.4 is 0 Å². The van der Waals surface area contributed by atoms with Crippen molar-refractivity contribution in [2.75, 3.05) is 0 Å². The Morgan fingerprint density at radius 3 is 2.58 bits per heavy atom. The standard InChI is InChI=1S/C18H13BrN6S/c19-14-9-5-4-8-13(14)11-20-25-17(23-24-18(25)26)16-10-15(21-22-16)12-6-2-1-3-7-12/h1-11H,(H,21,22)(H,24,26)/b20-11+. The summed E-state index contributed by atoms with van der Waals surface area (Å²) in [4.78, 5) is 0. The molecule has 2 N–H and O–H groups in total. The van der Waals surface area contributed by atoms with Gasteiger partial charge in [0.1, 0.15) is 5.69 Å². The zero-order valence-electron chi connectivity index (χ0n) is 13.4. The molecule has 2 heterocycles. The Kier molecular flexibility index (Phi) is 4.59. The number of hydrogen-bond donors (Lipinski definition) is 2. The molecule has 4 rings (SSSR count). The van der Waals surface area contributed by atoms with Crippen molar-refractivity contribution < 1.29 is 0 Å². The molecule has 0 amide bonds. The van der Waals surface area contributed by atoms with Gasteiger partial charge >= 0.3 is 0 Å². The number of H-pyrrole nitrogens is 2. The summed E-state index contributed by atoms with van der Waals surface area (Å²) in [5.41, 5.74) is 3.51. The first-order valence-corrected chi connectivity index (χ1v) is 9.00. The minimum Gasteiger partial charge on any atom is -0.274 e. The molecular formula is C18H13BrN6S. The molecule has 2 aromatic heterocycles. The lowest BCUT2D eigenvalue weighted by Crippen LogP contribution is -1.95. The highest BCUT2D eigenvalue weighted by Crippen LogP contribution is 2.22. The van der Waals surface area contributed by atoms with Gasteiger partial charge in [-0.2, -0.15) is 20.0 Å². The van der Waals surface area contributed by atoms with Crippen molar-refractivity contribution in [3.05, 3.63) is 75.5 Å². The summed E-state index contributed by atoms with van der Waals surface area (Å²) in [6, 6.07) is 19.7. The van der Waals surface area contributed by atoms with E-state index in [9.17, 15) is 0 Å². The molecule has 26 heavy (non-hydrogen) atoms. The second kappa shape index (κ2) is 7.19. The van der Waals surface area contributed by atoms with Crippen molar-refractivity contribution in [1.82, 2.24) is 25.1 Å². The van der Waals surface area contributed by atoms with Gasteiger partial charge in [0.25, 0.3) is 0 Å². The van der Waals surface area contributed by atoms with E-state index in [4.69, 9.17) is 12.2 Å². The molecule has 0 spiro atoms. The molecule has 6 nitrogen and oxygen atoms in total. The predicted octanol–water partition coefficient (Wildman–Crippen LogP) is 4.64. The summed E-state index contributed by atoms with van der Waals surface area (Å²) in [5.74, 6) is 0.563. The second-order valence-corrected chi connectivity index (χ2v) is 6.70. The number of rotatable bonds is 4. The lowest BCUT2D eigenvalue weighted by atomic mass is 10.1. The minimum atomic E-state index is 0.402. The van der Waals surface area contributed by atoms with Gasteiger partial charge in [-0.1, -0.05) is 64.5 Å². The number of aromatic amines is 2. The van der Waals surface area contributed by atoms with Gasteiger partial charge < -0.3 is 0 Å². The fraction of sp³-hybridized carbons (Fsp3) is 0. The van der Waals surface area contributed by atoms with E-state index in [0.717, 1.165) is 27.0 Å². The third-order valence-electron chi connectivity index (χ3n) is 3.76. The summed E-state index contributed by atoms with van der Waals surface area (Å²) < 4.78 is 2.92. The molecule has 0 bridgehead atoms. The predicted molar refractivity (Wildman–Crippen MR) is 108 cm³/mol. The highest BCUT2D eigenvalue weighted by Gasteiger charge is 2.12. The smallest absolute Gasteiger partial charge is 0.216 e. The van der Waals surface area contributed by atoms with E-state index in [2.05, 4.69) is 41.4 Å². The Morgan fingerprint density at radius 2 is 1.77 bits per heavy atom. The molecule has 0 aliphatic rings. The fourth-order valence-corrected chi connectivity index (χ4v) is 3.03. The van der Waals surface area contributed by atoms with Crippen LogP contribution in [0.3, 0.4) is 0 Å². The van der Waals surface area contributed by atoms with Crippen molar-refractivity contribution in [2.24, 2.45) is 5.10 Å². The van der Waals surface area contributed by atoms with Crippen molar-refractivity contribution in [3.63, 3.8) is 0 Å². The highest BCUT2D eigenvalue weighted by molar-refractivity contribution is 9.10. The van der Waals surface area contributed by atoms with Gasteiger partial charge in [0, 0.05) is 15.6 Å². The van der Waals surface area contributed by atoms with E-state index in [-0.39, 0.29) is 0 Å². The molecule has 0 radical (unpaired) electrons. The quantitative estimate of drug-likeness (QED) is 0.370. The number of benzene rings is 2. The second-order valence-electron chi connectivity index (χ2n) is 5.46. The van der Waals surface area contributed by atoms with Crippen molar-refractivity contribution >= 4 is 34.4 Å². The van der Waals surface area contributed by atoms with E-state index in [0.29, 0.717) is 10.6 Å². The van der Waals surface area contributed by atoms with E-state index in [1.807, 2.05) is 60.7 Å². The van der Waals surface area contributed by atoms with Gasteiger partial charge in [-0.25, -0.2) is 5.10 Å². The monoisotopic (exact) mass is 424 g/mol. The number of nitrogens with zero attached hydrogens (tertiary/aromatic N) is 4. The Balaban J connectivity index is 1.70. The van der Waals surface area contributed by atoms with Crippen LogP contribution in [-0.2, 0) is 0 Å². The van der Waals surface area contributed by atoms with Gasteiger partial charge in [-0.05, 0) is 24.4 Å². The zero-order valence-corrected chi connectivity index (χ0v) is 15.8. The van der Waals surface area contributed by atoms with Crippen LogP contribution in [0, 0.1) is 4.77 Å². The van der Waals surface area contributed by atoms with Gasteiger partial charge in [0.05, 0.1) is 11.9 Å². The summed E-state index contributed by atoms with van der Waals surface area (Å²) >= 11 is 8.81. The largest absolute Gasteiger partial charge is 0.274 e. The number of halogens is 1. The van der Waals surface area contributed by atoms with E-state index >= 15 is 0 Å². The maximum absolute atomic E-state index is 5.31. The van der Waals surface area contributed by atoms with Crippen LogP contribution in [0.15, 0.2) is 70.2 Å². The molecule has 8 heteroatoms. The number of nitrogens with one attached hydrogen (secondary N) is 2. The van der Waals surface area contributed by atoms with Crippen LogP contribution in [0.4, 0.5) is 0 Å². The lowest BCUT2D eigenvalue weighted by Gasteiger charge is -1.99. The van der Waals surface area contributed by atoms with Gasteiger partial charge in [0.2, 0.25) is 10.6 Å². The van der Waals surface area contributed by atoms with Gasteiger partial charge in [-0.3, -0.25) is 5.10 Å². The van der Waals surface area contributed by atoms with Gasteiger partial charge in [0.15, 0.2) is 0 Å². The molecule has 0 atom stereocenters. The van der Waals surface area contributed by atoms with E-state index in [1.54, 1.807) is 10.9 Å². The summed E-state index contributed by atoms with van der Waals surface area (Å²) in [5, 5.41) is 18.9. The first kappa shape index (κ1) is 16.6. The third kappa shape index (κ3) is 3.29. The Morgan fingerprint density at radius 1 is 1.00 bits per heavy atom. The summed E-state index contributed by atoms with van der Waals surface area (Å²) in [7, 11) is 0. The summed E-state index contributed by atoms with van der Waals surface area (Å²) in [6.45, 7) is 0. The molecule has 0 fully saturated rings. The molecule has 0 aliphatic carbocycles. The van der Waals surface area contributed by atoms with Crippen molar-refractivity contribution in [2.45, 2.75) is 0 Å². The molecule has 0 unspecified atom stereocenters. The van der Waals surface area contributed by atoms with E-state index < -0.39 is 0 Å². The molecule has 128 valence electrons.